The van der Waals surface area contributed by atoms with Crippen LogP contribution in [0.3, 0.4) is 0 Å². The molecule has 0 spiro atoms. The van der Waals surface area contributed by atoms with Crippen LogP contribution in [0.2, 0.25) is 0 Å². The van der Waals surface area contributed by atoms with Crippen molar-refractivity contribution in [2.45, 2.75) is 5.16 Å². The van der Waals surface area contributed by atoms with Gasteiger partial charge in [-0.1, -0.05) is 17.8 Å². The van der Waals surface area contributed by atoms with E-state index in [4.69, 9.17) is 10.00 Å². The number of imidazole rings is 1. The van der Waals surface area contributed by atoms with E-state index in [1.54, 1.807) is 31.4 Å². The van der Waals surface area contributed by atoms with E-state index in [0.717, 1.165) is 16.8 Å². The largest absolute Gasteiger partial charge is 0.497 e. The lowest BCUT2D eigenvalue weighted by atomic mass is 10.2. The Morgan fingerprint density at radius 2 is 2.25 bits per heavy atom. The first-order chi connectivity index (χ1) is 11.7. The number of nitriles is 1. The Morgan fingerprint density at radius 1 is 1.38 bits per heavy atom. The van der Waals surface area contributed by atoms with Crippen LogP contribution in [0.4, 0.5) is 5.69 Å². The lowest BCUT2D eigenvalue weighted by Crippen LogP contribution is -2.14. The van der Waals surface area contributed by atoms with Gasteiger partial charge >= 0.3 is 0 Å². The van der Waals surface area contributed by atoms with Crippen LogP contribution in [0, 0.1) is 11.3 Å². The molecule has 7 heteroatoms. The normalized spacial score (nSPS) is 10.3. The van der Waals surface area contributed by atoms with E-state index in [1.807, 2.05) is 24.3 Å². The molecule has 0 unspecified atom stereocenters. The van der Waals surface area contributed by atoms with Crippen molar-refractivity contribution in [3.05, 3.63) is 48.0 Å². The molecule has 3 rings (SSSR count). The zero-order valence-corrected chi connectivity index (χ0v) is 13.7. The SMILES string of the molecule is COc1ccc2nc(SCC(=O)Nc3cccc(C#N)c3)[nH]c2c1. The highest BCUT2D eigenvalue weighted by molar-refractivity contribution is 7.99. The van der Waals surface area contributed by atoms with Gasteiger partial charge in [-0.25, -0.2) is 4.98 Å². The molecule has 1 amide bonds. The molecule has 1 aromatic heterocycles. The Morgan fingerprint density at radius 3 is 3.04 bits per heavy atom. The number of methoxy groups -OCH3 is 1. The van der Waals surface area contributed by atoms with E-state index in [1.165, 1.54) is 11.8 Å². The summed E-state index contributed by atoms with van der Waals surface area (Å²) in [4.78, 5) is 19.6. The number of anilines is 1. The Balaban J connectivity index is 1.62. The van der Waals surface area contributed by atoms with Crippen molar-refractivity contribution in [1.29, 1.82) is 5.26 Å². The first-order valence-electron chi connectivity index (χ1n) is 7.14. The Labute approximate surface area is 142 Å². The van der Waals surface area contributed by atoms with Gasteiger partial charge in [0.15, 0.2) is 5.16 Å². The molecule has 0 saturated heterocycles. The van der Waals surface area contributed by atoms with Crippen molar-refractivity contribution < 1.29 is 9.53 Å². The Hall–Kier alpha value is -2.98. The maximum atomic E-state index is 12.0. The first-order valence-corrected chi connectivity index (χ1v) is 8.13. The van der Waals surface area contributed by atoms with Gasteiger partial charge in [0.25, 0.3) is 0 Å². The molecule has 0 aliphatic rings. The molecule has 24 heavy (non-hydrogen) atoms. The molecule has 0 bridgehead atoms. The minimum Gasteiger partial charge on any atom is -0.497 e. The fraction of sp³-hybridized carbons (Fsp3) is 0.118. The predicted molar refractivity (Wildman–Crippen MR) is 93.2 cm³/mol. The molecule has 0 saturated carbocycles. The number of aromatic amines is 1. The molecule has 6 nitrogen and oxygen atoms in total. The molecule has 2 N–H and O–H groups in total. The van der Waals surface area contributed by atoms with Crippen LogP contribution >= 0.6 is 11.8 Å². The minimum atomic E-state index is -0.159. The molecule has 3 aromatic rings. The topological polar surface area (TPSA) is 90.8 Å². The monoisotopic (exact) mass is 338 g/mol. The molecule has 0 aliphatic carbocycles. The second-order valence-electron chi connectivity index (χ2n) is 4.95. The first kappa shape index (κ1) is 15.9. The standard InChI is InChI=1S/C17H14N4O2S/c1-23-13-5-6-14-15(8-13)21-17(20-14)24-10-16(22)19-12-4-2-3-11(7-12)9-18/h2-8H,10H2,1H3,(H,19,22)(H,20,21). The Bertz CT molecular complexity index is 930. The van der Waals surface area contributed by atoms with Crippen LogP contribution in [0.15, 0.2) is 47.6 Å². The minimum absolute atomic E-state index is 0.159. The summed E-state index contributed by atoms with van der Waals surface area (Å²) < 4.78 is 5.17. The van der Waals surface area contributed by atoms with Crippen LogP contribution in [0.25, 0.3) is 11.0 Å². The maximum Gasteiger partial charge on any atom is 0.234 e. The number of H-pyrrole nitrogens is 1. The maximum absolute atomic E-state index is 12.0. The lowest BCUT2D eigenvalue weighted by Gasteiger charge is -2.04. The highest BCUT2D eigenvalue weighted by Crippen LogP contribution is 2.23. The third-order valence-electron chi connectivity index (χ3n) is 3.28. The molecular formula is C17H14N4O2S. The van der Waals surface area contributed by atoms with Crippen molar-refractivity contribution in [3.63, 3.8) is 0 Å². The fourth-order valence-corrected chi connectivity index (χ4v) is 2.84. The third kappa shape index (κ3) is 3.67. The van der Waals surface area contributed by atoms with Crippen molar-refractivity contribution >= 4 is 34.4 Å². The van der Waals surface area contributed by atoms with Gasteiger partial charge in [-0.2, -0.15) is 5.26 Å². The summed E-state index contributed by atoms with van der Waals surface area (Å²) >= 11 is 1.31. The summed E-state index contributed by atoms with van der Waals surface area (Å²) in [6, 6.07) is 14.4. The van der Waals surface area contributed by atoms with Gasteiger partial charge < -0.3 is 15.0 Å². The highest BCUT2D eigenvalue weighted by atomic mass is 32.2. The molecule has 0 radical (unpaired) electrons. The van der Waals surface area contributed by atoms with Gasteiger partial charge in [-0.15, -0.1) is 0 Å². The van der Waals surface area contributed by atoms with E-state index < -0.39 is 0 Å². The quantitative estimate of drug-likeness (QED) is 0.697. The summed E-state index contributed by atoms with van der Waals surface area (Å²) in [6.07, 6.45) is 0. The van der Waals surface area contributed by atoms with E-state index in [9.17, 15) is 4.79 Å². The number of aromatic nitrogens is 2. The number of rotatable bonds is 5. The summed E-state index contributed by atoms with van der Waals surface area (Å²) in [5.41, 5.74) is 2.79. The van der Waals surface area contributed by atoms with Gasteiger partial charge in [0.1, 0.15) is 5.75 Å². The number of nitrogens with one attached hydrogen (secondary N) is 2. The second kappa shape index (κ2) is 7.06. The molecule has 0 atom stereocenters. The number of ether oxygens (including phenoxy) is 1. The number of hydrogen-bond donors (Lipinski definition) is 2. The van der Waals surface area contributed by atoms with Crippen LogP contribution in [0.1, 0.15) is 5.56 Å². The molecule has 0 aliphatic heterocycles. The van der Waals surface area contributed by atoms with Gasteiger partial charge in [-0.05, 0) is 30.3 Å². The number of fused-ring (bicyclic) bond motifs is 1. The molecule has 120 valence electrons. The zero-order valence-electron chi connectivity index (χ0n) is 12.9. The van der Waals surface area contributed by atoms with E-state index in [2.05, 4.69) is 15.3 Å². The summed E-state index contributed by atoms with van der Waals surface area (Å²) in [6.45, 7) is 0. The van der Waals surface area contributed by atoms with Gasteiger partial charge in [-0.3, -0.25) is 4.79 Å². The predicted octanol–water partition coefficient (Wildman–Crippen LogP) is 3.17. The van der Waals surface area contributed by atoms with Crippen molar-refractivity contribution in [3.8, 4) is 11.8 Å². The van der Waals surface area contributed by atoms with Gasteiger partial charge in [0, 0.05) is 11.8 Å². The van der Waals surface area contributed by atoms with Crippen molar-refractivity contribution in [2.75, 3.05) is 18.2 Å². The number of thioether (sulfide) groups is 1. The van der Waals surface area contributed by atoms with E-state index in [-0.39, 0.29) is 11.7 Å². The highest BCUT2D eigenvalue weighted by Gasteiger charge is 2.08. The van der Waals surface area contributed by atoms with Crippen LogP contribution in [-0.4, -0.2) is 28.7 Å². The van der Waals surface area contributed by atoms with Gasteiger partial charge in [0.05, 0.1) is 35.5 Å². The number of benzene rings is 2. The number of hydrogen-bond acceptors (Lipinski definition) is 5. The van der Waals surface area contributed by atoms with Crippen LogP contribution in [0.5, 0.6) is 5.75 Å². The Kier molecular flexibility index (Phi) is 4.68. The number of carbonyl (C=O) groups excluding carboxylic acids is 1. The van der Waals surface area contributed by atoms with E-state index in [0.29, 0.717) is 16.4 Å². The smallest absolute Gasteiger partial charge is 0.234 e. The third-order valence-corrected chi connectivity index (χ3v) is 4.16. The average molecular weight is 338 g/mol. The van der Waals surface area contributed by atoms with E-state index >= 15 is 0 Å². The van der Waals surface area contributed by atoms with Crippen molar-refractivity contribution in [2.24, 2.45) is 0 Å². The second-order valence-corrected chi connectivity index (χ2v) is 5.92. The zero-order chi connectivity index (χ0) is 16.9. The number of amides is 1. The van der Waals surface area contributed by atoms with Crippen LogP contribution < -0.4 is 10.1 Å². The molecule has 1 heterocycles. The van der Waals surface area contributed by atoms with Crippen LogP contribution in [-0.2, 0) is 4.79 Å². The molecule has 2 aromatic carbocycles. The van der Waals surface area contributed by atoms with Gasteiger partial charge in [0.2, 0.25) is 5.91 Å². The summed E-state index contributed by atoms with van der Waals surface area (Å²) in [5.74, 6) is 0.805. The average Bonchev–Trinajstić information content (AvgIpc) is 3.02. The lowest BCUT2D eigenvalue weighted by molar-refractivity contribution is -0.113. The molecular weight excluding hydrogens is 324 g/mol. The summed E-state index contributed by atoms with van der Waals surface area (Å²) in [7, 11) is 1.61. The van der Waals surface area contributed by atoms with Crippen molar-refractivity contribution in [1.82, 2.24) is 9.97 Å². The molecule has 0 fully saturated rings. The summed E-state index contributed by atoms with van der Waals surface area (Å²) in [5, 5.41) is 12.3. The number of nitrogens with zero attached hydrogens (tertiary/aromatic N) is 2. The fourth-order valence-electron chi connectivity index (χ4n) is 2.16. The number of carbonyl (C=O) groups is 1.